The zero-order chi connectivity index (χ0) is 17.8. The van der Waals surface area contributed by atoms with Gasteiger partial charge in [-0.2, -0.15) is 0 Å². The summed E-state index contributed by atoms with van der Waals surface area (Å²) in [5, 5.41) is 5.99. The molecule has 2 N–H and O–H groups in total. The molecular weight excluding hydrogens is 338 g/mol. The predicted molar refractivity (Wildman–Crippen MR) is 98.7 cm³/mol. The van der Waals surface area contributed by atoms with Crippen LogP contribution in [0.15, 0.2) is 52.9 Å². The van der Waals surface area contributed by atoms with Gasteiger partial charge in [0.2, 0.25) is 5.89 Å². The minimum absolute atomic E-state index is 0.261. The first-order valence-electron chi connectivity index (χ1n) is 7.85. The minimum Gasteiger partial charge on any atom is -0.441 e. The topological polar surface area (TPSA) is 67.2 Å². The van der Waals surface area contributed by atoms with Gasteiger partial charge in [-0.25, -0.2) is 9.78 Å². The number of oxazole rings is 1. The molecule has 3 rings (SSSR count). The van der Waals surface area contributed by atoms with E-state index in [-0.39, 0.29) is 12.6 Å². The van der Waals surface area contributed by atoms with E-state index < -0.39 is 0 Å². The summed E-state index contributed by atoms with van der Waals surface area (Å²) in [4.78, 5) is 16.5. The number of amides is 2. The Hall–Kier alpha value is -2.79. The average Bonchev–Trinajstić information content (AvgIpc) is 2.97. The van der Waals surface area contributed by atoms with Crippen molar-refractivity contribution < 1.29 is 9.21 Å². The number of benzene rings is 2. The van der Waals surface area contributed by atoms with Crippen LogP contribution >= 0.6 is 11.6 Å². The van der Waals surface area contributed by atoms with Gasteiger partial charge in [-0.3, -0.25) is 0 Å². The van der Waals surface area contributed by atoms with Crippen LogP contribution in [0.2, 0.25) is 5.02 Å². The Labute approximate surface area is 151 Å². The number of nitrogens with zero attached hydrogens (tertiary/aromatic N) is 1. The van der Waals surface area contributed by atoms with E-state index in [9.17, 15) is 4.79 Å². The number of aromatic nitrogens is 1. The van der Waals surface area contributed by atoms with Gasteiger partial charge in [-0.05, 0) is 43.7 Å². The molecule has 5 nitrogen and oxygen atoms in total. The van der Waals surface area contributed by atoms with Crippen LogP contribution in [0.4, 0.5) is 10.5 Å². The third-order valence-electron chi connectivity index (χ3n) is 3.70. The van der Waals surface area contributed by atoms with E-state index in [1.807, 2.05) is 50.2 Å². The van der Waals surface area contributed by atoms with E-state index in [1.54, 1.807) is 12.1 Å². The average molecular weight is 356 g/mol. The summed E-state index contributed by atoms with van der Waals surface area (Å²) >= 11 is 6.12. The second kappa shape index (κ2) is 7.40. The Morgan fingerprint density at radius 1 is 1.16 bits per heavy atom. The molecule has 0 bridgehead atoms. The summed E-state index contributed by atoms with van der Waals surface area (Å²) in [5.41, 5.74) is 3.17. The van der Waals surface area contributed by atoms with E-state index in [1.165, 1.54) is 0 Å². The molecule has 128 valence electrons. The van der Waals surface area contributed by atoms with Gasteiger partial charge >= 0.3 is 6.03 Å². The predicted octanol–water partition coefficient (Wildman–Crippen LogP) is 4.93. The second-order valence-corrected chi connectivity index (χ2v) is 6.09. The molecule has 0 radical (unpaired) electrons. The second-order valence-electron chi connectivity index (χ2n) is 5.68. The van der Waals surface area contributed by atoms with Gasteiger partial charge in [0.15, 0.2) is 0 Å². The lowest BCUT2D eigenvalue weighted by Gasteiger charge is -2.08. The smallest absolute Gasteiger partial charge is 0.319 e. The van der Waals surface area contributed by atoms with Gasteiger partial charge in [-0.15, -0.1) is 0 Å². The molecule has 25 heavy (non-hydrogen) atoms. The maximum atomic E-state index is 12.1. The zero-order valence-corrected chi connectivity index (χ0v) is 14.7. The van der Waals surface area contributed by atoms with Crippen LogP contribution in [0.25, 0.3) is 11.5 Å². The zero-order valence-electron chi connectivity index (χ0n) is 14.0. The van der Waals surface area contributed by atoms with Crippen molar-refractivity contribution in [3.8, 4) is 11.5 Å². The molecule has 3 aromatic rings. The highest BCUT2D eigenvalue weighted by molar-refractivity contribution is 6.33. The van der Waals surface area contributed by atoms with Gasteiger partial charge in [0, 0.05) is 5.56 Å². The molecule has 1 heterocycles. The molecule has 6 heteroatoms. The summed E-state index contributed by atoms with van der Waals surface area (Å²) in [6, 6.07) is 14.7. The molecule has 2 aromatic carbocycles. The summed E-state index contributed by atoms with van der Waals surface area (Å²) in [6.07, 6.45) is 0. The first-order chi connectivity index (χ1) is 12.0. The fourth-order valence-corrected chi connectivity index (χ4v) is 2.63. The lowest BCUT2D eigenvalue weighted by atomic mass is 10.2. The standard InChI is InChI=1S/C19H18ClN3O2/c1-12-8-9-16(15(20)10-12)23-19(24)21-11-17-13(2)25-18(22-17)14-6-4-3-5-7-14/h3-10H,11H2,1-2H3,(H2,21,23,24). The number of hydrogen-bond acceptors (Lipinski definition) is 3. The number of rotatable bonds is 4. The van der Waals surface area contributed by atoms with Crippen molar-refractivity contribution in [1.82, 2.24) is 10.3 Å². The number of urea groups is 1. The van der Waals surface area contributed by atoms with Crippen molar-refractivity contribution in [3.63, 3.8) is 0 Å². The molecule has 0 spiro atoms. The van der Waals surface area contributed by atoms with Gasteiger partial charge in [-0.1, -0.05) is 35.9 Å². The Kier molecular flexibility index (Phi) is 5.05. The van der Waals surface area contributed by atoms with Crippen LogP contribution in [0.3, 0.4) is 0 Å². The monoisotopic (exact) mass is 355 g/mol. The molecule has 0 aliphatic carbocycles. The van der Waals surface area contributed by atoms with E-state index in [0.29, 0.717) is 28.1 Å². The van der Waals surface area contributed by atoms with Crippen LogP contribution in [0.1, 0.15) is 17.0 Å². The molecule has 0 fully saturated rings. The number of aryl methyl sites for hydroxylation is 2. The molecule has 0 atom stereocenters. The third-order valence-corrected chi connectivity index (χ3v) is 4.02. The molecule has 0 saturated heterocycles. The molecule has 2 amide bonds. The summed E-state index contributed by atoms with van der Waals surface area (Å²) in [6.45, 7) is 4.02. The maximum absolute atomic E-state index is 12.1. The number of carbonyl (C=O) groups is 1. The van der Waals surface area contributed by atoms with Crippen molar-refractivity contribution in [3.05, 3.63) is 70.6 Å². The maximum Gasteiger partial charge on any atom is 0.319 e. The van der Waals surface area contributed by atoms with Crippen LogP contribution in [-0.2, 0) is 6.54 Å². The molecule has 0 aliphatic rings. The number of hydrogen-bond donors (Lipinski definition) is 2. The van der Waals surface area contributed by atoms with Crippen molar-refractivity contribution in [2.24, 2.45) is 0 Å². The molecule has 0 unspecified atom stereocenters. The number of anilines is 1. The van der Waals surface area contributed by atoms with E-state index in [0.717, 1.165) is 11.1 Å². The Bertz CT molecular complexity index is 891. The Morgan fingerprint density at radius 2 is 1.92 bits per heavy atom. The fourth-order valence-electron chi connectivity index (χ4n) is 2.35. The fraction of sp³-hybridized carbons (Fsp3) is 0.158. The van der Waals surface area contributed by atoms with Crippen molar-refractivity contribution >= 4 is 23.3 Å². The van der Waals surface area contributed by atoms with Crippen LogP contribution in [-0.4, -0.2) is 11.0 Å². The van der Waals surface area contributed by atoms with E-state index >= 15 is 0 Å². The van der Waals surface area contributed by atoms with E-state index in [4.69, 9.17) is 16.0 Å². The van der Waals surface area contributed by atoms with Crippen LogP contribution in [0, 0.1) is 13.8 Å². The highest BCUT2D eigenvalue weighted by Crippen LogP contribution is 2.23. The van der Waals surface area contributed by atoms with Crippen molar-refractivity contribution in [2.45, 2.75) is 20.4 Å². The lowest BCUT2D eigenvalue weighted by molar-refractivity contribution is 0.251. The minimum atomic E-state index is -0.352. The first kappa shape index (κ1) is 17.0. The Morgan fingerprint density at radius 3 is 2.64 bits per heavy atom. The summed E-state index contributed by atoms with van der Waals surface area (Å²) in [7, 11) is 0. The van der Waals surface area contributed by atoms with Crippen molar-refractivity contribution in [2.75, 3.05) is 5.32 Å². The summed E-state index contributed by atoms with van der Waals surface area (Å²) in [5.74, 6) is 1.21. The van der Waals surface area contributed by atoms with Crippen LogP contribution < -0.4 is 10.6 Å². The quantitative estimate of drug-likeness (QED) is 0.697. The van der Waals surface area contributed by atoms with Gasteiger partial charge < -0.3 is 15.1 Å². The third kappa shape index (κ3) is 4.19. The van der Waals surface area contributed by atoms with Crippen LogP contribution in [0.5, 0.6) is 0 Å². The molecule has 1 aromatic heterocycles. The molecular formula is C19H18ClN3O2. The Balaban J connectivity index is 1.63. The van der Waals surface area contributed by atoms with Gasteiger partial charge in [0.1, 0.15) is 11.5 Å². The number of nitrogens with one attached hydrogen (secondary N) is 2. The highest BCUT2D eigenvalue weighted by atomic mass is 35.5. The summed E-state index contributed by atoms with van der Waals surface area (Å²) < 4.78 is 5.68. The largest absolute Gasteiger partial charge is 0.441 e. The van der Waals surface area contributed by atoms with Gasteiger partial charge in [0.25, 0.3) is 0 Å². The van der Waals surface area contributed by atoms with Crippen molar-refractivity contribution in [1.29, 1.82) is 0 Å². The number of carbonyl (C=O) groups excluding carboxylic acids is 1. The van der Waals surface area contributed by atoms with Gasteiger partial charge in [0.05, 0.1) is 17.3 Å². The first-order valence-corrected chi connectivity index (χ1v) is 8.23. The normalized spacial score (nSPS) is 10.5. The molecule has 0 aliphatic heterocycles. The number of halogens is 1. The SMILES string of the molecule is Cc1ccc(NC(=O)NCc2nc(-c3ccccc3)oc2C)c(Cl)c1. The molecule has 0 saturated carbocycles. The lowest BCUT2D eigenvalue weighted by Crippen LogP contribution is -2.28. The van der Waals surface area contributed by atoms with E-state index in [2.05, 4.69) is 15.6 Å². The highest BCUT2D eigenvalue weighted by Gasteiger charge is 2.12.